The zero-order valence-electron chi connectivity index (χ0n) is 11.9. The highest BCUT2D eigenvalue weighted by Crippen LogP contribution is 2.32. The molecule has 1 aromatic carbocycles. The molecule has 0 bridgehead atoms. The number of nitrogens with two attached hydrogens (primary N) is 1. The maximum Gasteiger partial charge on any atom is 0.321 e. The molecule has 1 heterocycles. The molecule has 1 aliphatic rings. The van der Waals surface area contributed by atoms with Crippen LogP contribution >= 0.6 is 11.8 Å². The molecule has 8 heteroatoms. The lowest BCUT2D eigenvalue weighted by molar-refractivity contribution is -0.138. The number of carbonyl (C=O) groups excluding carboxylic acids is 2. The highest BCUT2D eigenvalue weighted by atomic mass is 32.2. The summed E-state index contributed by atoms with van der Waals surface area (Å²) in [5, 5.41) is 17.5. The summed E-state index contributed by atoms with van der Waals surface area (Å²) < 4.78 is 0. The Bertz CT molecular complexity index is 634. The molecule has 0 aromatic heterocycles. The van der Waals surface area contributed by atoms with Crippen molar-refractivity contribution in [2.75, 3.05) is 10.7 Å². The van der Waals surface area contributed by atoms with Crippen LogP contribution in [0.4, 0.5) is 5.69 Å². The van der Waals surface area contributed by atoms with E-state index in [1.54, 1.807) is 6.92 Å². The summed E-state index contributed by atoms with van der Waals surface area (Å²) in [7, 11) is 0. The standard InChI is InChI=1S/C14H16N2O5S/c1-7-4-8(17)2-3-10(7)16-12(18)5-11(13(16)19)22-6-9(15)14(20)21/h2-4,9,11,17H,5-6,15H2,1H3,(H,20,21). The van der Waals surface area contributed by atoms with Gasteiger partial charge in [0.15, 0.2) is 0 Å². The van der Waals surface area contributed by atoms with Crippen LogP contribution in [0.25, 0.3) is 0 Å². The van der Waals surface area contributed by atoms with E-state index in [9.17, 15) is 19.5 Å². The number of imide groups is 1. The third kappa shape index (κ3) is 3.23. The SMILES string of the molecule is Cc1cc(O)ccc1N1C(=O)CC(SCC(N)C(=O)O)C1=O. The number of hydrogen-bond acceptors (Lipinski definition) is 6. The van der Waals surface area contributed by atoms with E-state index in [1.807, 2.05) is 0 Å². The molecule has 22 heavy (non-hydrogen) atoms. The number of amides is 2. The summed E-state index contributed by atoms with van der Waals surface area (Å²) in [5.41, 5.74) is 6.44. The molecular weight excluding hydrogens is 308 g/mol. The number of phenols is 1. The average Bonchev–Trinajstić information content (AvgIpc) is 2.71. The van der Waals surface area contributed by atoms with Gasteiger partial charge in [0, 0.05) is 12.2 Å². The molecule has 0 aliphatic carbocycles. The highest BCUT2D eigenvalue weighted by molar-refractivity contribution is 8.00. The fourth-order valence-electron chi connectivity index (χ4n) is 2.17. The number of carboxylic acids is 1. The zero-order valence-corrected chi connectivity index (χ0v) is 12.7. The predicted octanol–water partition coefficient (Wildman–Crippen LogP) is 0.478. The minimum atomic E-state index is -1.14. The number of phenolic OH excluding ortho intramolecular Hbond substituents is 1. The van der Waals surface area contributed by atoms with Crippen molar-refractivity contribution >= 4 is 35.2 Å². The topological polar surface area (TPSA) is 121 Å². The van der Waals surface area contributed by atoms with E-state index in [2.05, 4.69) is 0 Å². The molecule has 4 N–H and O–H groups in total. The molecule has 118 valence electrons. The van der Waals surface area contributed by atoms with Crippen LogP contribution in [0.5, 0.6) is 5.75 Å². The van der Waals surface area contributed by atoms with Gasteiger partial charge in [-0.25, -0.2) is 4.90 Å². The Hall–Kier alpha value is -2.06. The number of thioether (sulfide) groups is 1. The van der Waals surface area contributed by atoms with Crippen LogP contribution < -0.4 is 10.6 Å². The number of aliphatic carboxylic acids is 1. The van der Waals surface area contributed by atoms with E-state index in [1.165, 1.54) is 18.2 Å². The monoisotopic (exact) mass is 324 g/mol. The fourth-order valence-corrected chi connectivity index (χ4v) is 3.26. The van der Waals surface area contributed by atoms with Crippen molar-refractivity contribution in [1.29, 1.82) is 0 Å². The van der Waals surface area contributed by atoms with Gasteiger partial charge in [0.2, 0.25) is 11.8 Å². The maximum absolute atomic E-state index is 12.4. The van der Waals surface area contributed by atoms with Gasteiger partial charge in [-0.05, 0) is 30.7 Å². The van der Waals surface area contributed by atoms with Gasteiger partial charge in [-0.2, -0.15) is 0 Å². The van der Waals surface area contributed by atoms with Gasteiger partial charge in [-0.3, -0.25) is 14.4 Å². The van der Waals surface area contributed by atoms with Gasteiger partial charge in [-0.1, -0.05) is 0 Å². The first-order valence-corrected chi connectivity index (χ1v) is 7.62. The van der Waals surface area contributed by atoms with E-state index >= 15 is 0 Å². The normalized spacial score (nSPS) is 19.5. The molecule has 2 rings (SSSR count). The van der Waals surface area contributed by atoms with Gasteiger partial charge >= 0.3 is 5.97 Å². The molecule has 0 spiro atoms. The number of nitrogens with zero attached hydrogens (tertiary/aromatic N) is 1. The predicted molar refractivity (Wildman–Crippen MR) is 81.8 cm³/mol. The summed E-state index contributed by atoms with van der Waals surface area (Å²) >= 11 is 1.07. The molecule has 1 fully saturated rings. The number of benzene rings is 1. The van der Waals surface area contributed by atoms with Crippen molar-refractivity contribution in [3.8, 4) is 5.75 Å². The van der Waals surface area contributed by atoms with Gasteiger partial charge in [0.05, 0.1) is 10.9 Å². The lowest BCUT2D eigenvalue weighted by Gasteiger charge is -2.17. The molecular formula is C14H16N2O5S. The first-order valence-electron chi connectivity index (χ1n) is 6.57. The van der Waals surface area contributed by atoms with Crippen LogP contribution in [0, 0.1) is 6.92 Å². The molecule has 7 nitrogen and oxygen atoms in total. The highest BCUT2D eigenvalue weighted by Gasteiger charge is 2.40. The largest absolute Gasteiger partial charge is 0.508 e. The van der Waals surface area contributed by atoms with E-state index in [0.717, 1.165) is 16.7 Å². The number of carbonyl (C=O) groups is 3. The Kier molecular flexibility index (Phi) is 4.72. The van der Waals surface area contributed by atoms with Crippen LogP contribution in [-0.4, -0.2) is 45.0 Å². The lowest BCUT2D eigenvalue weighted by Crippen LogP contribution is -2.35. The van der Waals surface area contributed by atoms with Crippen molar-refractivity contribution < 1.29 is 24.6 Å². The molecule has 2 amide bonds. The summed E-state index contributed by atoms with van der Waals surface area (Å²) in [6, 6.07) is 3.31. The van der Waals surface area contributed by atoms with Crippen molar-refractivity contribution in [2.45, 2.75) is 24.6 Å². The number of aromatic hydroxyl groups is 1. The van der Waals surface area contributed by atoms with Crippen LogP contribution in [0.3, 0.4) is 0 Å². The smallest absolute Gasteiger partial charge is 0.321 e. The Morgan fingerprint density at radius 2 is 2.18 bits per heavy atom. The molecule has 1 aliphatic heterocycles. The van der Waals surface area contributed by atoms with Crippen molar-refractivity contribution in [1.82, 2.24) is 0 Å². The Labute approximate surface area is 131 Å². The second-order valence-electron chi connectivity index (χ2n) is 5.01. The van der Waals surface area contributed by atoms with E-state index in [4.69, 9.17) is 10.8 Å². The van der Waals surface area contributed by atoms with E-state index in [0.29, 0.717) is 11.3 Å². The Balaban J connectivity index is 2.13. The lowest BCUT2D eigenvalue weighted by atomic mass is 10.1. The van der Waals surface area contributed by atoms with Crippen LogP contribution in [0.15, 0.2) is 18.2 Å². The number of anilines is 1. The van der Waals surface area contributed by atoms with Gasteiger partial charge in [0.25, 0.3) is 0 Å². The van der Waals surface area contributed by atoms with Crippen LogP contribution in [0.1, 0.15) is 12.0 Å². The number of carboxylic acid groups (broad SMARTS) is 1. The molecule has 2 unspecified atom stereocenters. The van der Waals surface area contributed by atoms with Crippen molar-refractivity contribution in [3.05, 3.63) is 23.8 Å². The second-order valence-corrected chi connectivity index (χ2v) is 6.24. The average molecular weight is 324 g/mol. The molecule has 0 saturated carbocycles. The van der Waals surface area contributed by atoms with Gasteiger partial charge < -0.3 is 15.9 Å². The summed E-state index contributed by atoms with van der Waals surface area (Å²) in [6.07, 6.45) is 0.0101. The minimum absolute atomic E-state index is 0.0101. The second kappa shape index (κ2) is 6.37. The molecule has 1 saturated heterocycles. The molecule has 0 radical (unpaired) electrons. The Morgan fingerprint density at radius 3 is 2.77 bits per heavy atom. The minimum Gasteiger partial charge on any atom is -0.508 e. The van der Waals surface area contributed by atoms with E-state index in [-0.39, 0.29) is 29.7 Å². The quantitative estimate of drug-likeness (QED) is 0.673. The van der Waals surface area contributed by atoms with Crippen molar-refractivity contribution in [3.63, 3.8) is 0 Å². The molecule has 1 aromatic rings. The summed E-state index contributed by atoms with van der Waals surface area (Å²) in [5.74, 6) is -1.77. The third-order valence-corrected chi connectivity index (χ3v) is 4.64. The van der Waals surface area contributed by atoms with E-state index < -0.39 is 17.3 Å². The van der Waals surface area contributed by atoms with Crippen molar-refractivity contribution in [2.24, 2.45) is 5.73 Å². The van der Waals surface area contributed by atoms with Crippen LogP contribution in [-0.2, 0) is 14.4 Å². The maximum atomic E-state index is 12.4. The number of rotatable bonds is 5. The fraction of sp³-hybridized carbons (Fsp3) is 0.357. The first-order chi connectivity index (χ1) is 10.3. The number of aryl methyl sites for hydroxylation is 1. The zero-order chi connectivity index (χ0) is 16.4. The number of hydrogen-bond donors (Lipinski definition) is 3. The third-order valence-electron chi connectivity index (χ3n) is 3.32. The van der Waals surface area contributed by atoms with Gasteiger partial charge in [0.1, 0.15) is 11.8 Å². The van der Waals surface area contributed by atoms with Crippen LogP contribution in [0.2, 0.25) is 0 Å². The first kappa shape index (κ1) is 16.3. The molecule has 2 atom stereocenters. The Morgan fingerprint density at radius 1 is 1.50 bits per heavy atom. The summed E-state index contributed by atoms with van der Waals surface area (Å²) in [4.78, 5) is 36.2. The summed E-state index contributed by atoms with van der Waals surface area (Å²) in [6.45, 7) is 1.69. The van der Waals surface area contributed by atoms with Gasteiger partial charge in [-0.15, -0.1) is 11.8 Å².